The van der Waals surface area contributed by atoms with Crippen LogP contribution in [0.15, 0.2) is 30.6 Å². The highest BCUT2D eigenvalue weighted by molar-refractivity contribution is 6.31. The molecule has 7 heteroatoms. The number of benzene rings is 1. The maximum Gasteiger partial charge on any atom is 0.205 e. The van der Waals surface area contributed by atoms with E-state index < -0.39 is 0 Å². The van der Waals surface area contributed by atoms with E-state index in [-0.39, 0.29) is 6.04 Å². The number of halogens is 1. The van der Waals surface area contributed by atoms with Crippen molar-refractivity contribution in [3.8, 4) is 5.75 Å². The Bertz CT molecular complexity index is 622. The lowest BCUT2D eigenvalue weighted by atomic mass is 10.1. The van der Waals surface area contributed by atoms with Gasteiger partial charge in [0.2, 0.25) is 5.75 Å². The molecule has 6 nitrogen and oxygen atoms in total. The molecular weight excluding hydrogens is 290 g/mol. The summed E-state index contributed by atoms with van der Waals surface area (Å²) in [7, 11) is 3.47. The monoisotopic (exact) mass is 307 g/mol. The molecule has 0 bridgehead atoms. The van der Waals surface area contributed by atoms with Crippen molar-refractivity contribution in [3.05, 3.63) is 41.2 Å². The third-order valence-electron chi connectivity index (χ3n) is 3.40. The minimum Gasteiger partial charge on any atom is -0.490 e. The van der Waals surface area contributed by atoms with Crippen LogP contribution in [-0.4, -0.2) is 24.1 Å². The van der Waals surface area contributed by atoms with Gasteiger partial charge in [0.1, 0.15) is 6.33 Å². The summed E-state index contributed by atoms with van der Waals surface area (Å²) in [5.41, 5.74) is 3.51. The maximum absolute atomic E-state index is 6.26. The number of nitrogen functional groups attached to an aromatic ring is 1. The molecule has 0 amide bonds. The van der Waals surface area contributed by atoms with Crippen molar-refractivity contribution in [3.63, 3.8) is 0 Å². The molecular formula is C14H18ClN5O. The zero-order valence-corrected chi connectivity index (χ0v) is 12.9. The van der Waals surface area contributed by atoms with Gasteiger partial charge in [0.25, 0.3) is 0 Å². The lowest BCUT2D eigenvalue weighted by molar-refractivity contribution is 0.411. The van der Waals surface area contributed by atoms with E-state index in [2.05, 4.69) is 15.4 Å². The number of nitrogens with one attached hydrogen (secondary N) is 1. The van der Waals surface area contributed by atoms with E-state index in [1.54, 1.807) is 7.11 Å². The third kappa shape index (κ3) is 3.01. The summed E-state index contributed by atoms with van der Waals surface area (Å²) < 4.78 is 5.36. The van der Waals surface area contributed by atoms with Gasteiger partial charge >= 0.3 is 0 Å². The fourth-order valence-corrected chi connectivity index (χ4v) is 2.41. The zero-order valence-electron chi connectivity index (χ0n) is 12.2. The van der Waals surface area contributed by atoms with Crippen LogP contribution in [0.2, 0.25) is 5.02 Å². The van der Waals surface area contributed by atoms with Crippen molar-refractivity contribution >= 4 is 23.2 Å². The number of nitrogens with zero attached hydrogens (tertiary/aromatic N) is 3. The first-order chi connectivity index (χ1) is 10.1. The van der Waals surface area contributed by atoms with Gasteiger partial charge in [-0.1, -0.05) is 29.8 Å². The molecule has 0 aliphatic heterocycles. The molecule has 3 N–H and O–H groups in total. The highest BCUT2D eigenvalue weighted by Crippen LogP contribution is 2.36. The molecule has 1 atom stereocenters. The van der Waals surface area contributed by atoms with Gasteiger partial charge in [-0.3, -0.25) is 0 Å². The van der Waals surface area contributed by atoms with Gasteiger partial charge in [-0.15, -0.1) is 0 Å². The number of ether oxygens (including phenoxy) is 1. The van der Waals surface area contributed by atoms with Crippen molar-refractivity contribution in [2.75, 3.05) is 24.5 Å². The smallest absolute Gasteiger partial charge is 0.205 e. The van der Waals surface area contributed by atoms with E-state index >= 15 is 0 Å². The quantitative estimate of drug-likeness (QED) is 0.653. The Labute approximate surface area is 128 Å². The molecule has 112 valence electrons. The Kier molecular flexibility index (Phi) is 4.82. The minimum absolute atomic E-state index is 0.00752. The predicted molar refractivity (Wildman–Crippen MR) is 84.7 cm³/mol. The Balaban J connectivity index is 2.40. The van der Waals surface area contributed by atoms with Gasteiger partial charge in [0.15, 0.2) is 11.6 Å². The number of nitrogens with two attached hydrogens (primary N) is 1. The van der Waals surface area contributed by atoms with E-state index in [0.717, 1.165) is 5.56 Å². The number of anilines is 2. The Morgan fingerprint density at radius 2 is 2.05 bits per heavy atom. The molecule has 0 fully saturated rings. The molecule has 0 radical (unpaired) electrons. The zero-order chi connectivity index (χ0) is 15.4. The number of methoxy groups -OCH3 is 1. The van der Waals surface area contributed by atoms with Gasteiger partial charge in [-0.2, -0.15) is 0 Å². The molecule has 2 aromatic rings. The predicted octanol–water partition coefficient (Wildman–Crippen LogP) is 2.62. The van der Waals surface area contributed by atoms with Crippen molar-refractivity contribution in [1.29, 1.82) is 0 Å². The largest absolute Gasteiger partial charge is 0.490 e. The first kappa shape index (κ1) is 15.3. The average Bonchev–Trinajstić information content (AvgIpc) is 2.53. The van der Waals surface area contributed by atoms with Crippen LogP contribution in [-0.2, 0) is 0 Å². The Morgan fingerprint density at radius 3 is 2.67 bits per heavy atom. The van der Waals surface area contributed by atoms with E-state index in [4.69, 9.17) is 22.2 Å². The molecule has 0 aliphatic rings. The number of hydrazine groups is 1. The van der Waals surface area contributed by atoms with E-state index in [0.29, 0.717) is 22.4 Å². The molecule has 2 rings (SSSR count). The third-order valence-corrected chi connectivity index (χ3v) is 3.74. The fraction of sp³-hybridized carbons (Fsp3) is 0.286. The summed E-state index contributed by atoms with van der Waals surface area (Å²) in [6, 6.07) is 7.72. The minimum atomic E-state index is 0.00752. The molecule has 0 saturated heterocycles. The van der Waals surface area contributed by atoms with Crippen LogP contribution in [0.1, 0.15) is 18.5 Å². The highest BCUT2D eigenvalue weighted by Gasteiger charge is 2.21. The highest BCUT2D eigenvalue weighted by atomic mass is 35.5. The summed E-state index contributed by atoms with van der Waals surface area (Å²) in [4.78, 5) is 10.3. The van der Waals surface area contributed by atoms with E-state index in [1.165, 1.54) is 6.33 Å². The Hall–Kier alpha value is -2.05. The van der Waals surface area contributed by atoms with Crippen LogP contribution in [0.4, 0.5) is 11.6 Å². The van der Waals surface area contributed by atoms with Crippen LogP contribution in [0.25, 0.3) is 0 Å². The lowest BCUT2D eigenvalue weighted by Crippen LogP contribution is -2.24. The maximum atomic E-state index is 6.26. The van der Waals surface area contributed by atoms with Crippen LogP contribution in [0.3, 0.4) is 0 Å². The average molecular weight is 308 g/mol. The number of hydrogen-bond acceptors (Lipinski definition) is 6. The summed E-state index contributed by atoms with van der Waals surface area (Å²) >= 11 is 6.26. The van der Waals surface area contributed by atoms with Gasteiger partial charge in [0, 0.05) is 12.1 Å². The molecule has 0 spiro atoms. The first-order valence-electron chi connectivity index (χ1n) is 6.43. The summed E-state index contributed by atoms with van der Waals surface area (Å²) in [5, 5.41) is 0.710. The molecule has 0 aliphatic carbocycles. The van der Waals surface area contributed by atoms with E-state index in [1.807, 2.05) is 43.1 Å². The molecule has 1 heterocycles. The summed E-state index contributed by atoms with van der Waals surface area (Å²) in [6.07, 6.45) is 1.43. The van der Waals surface area contributed by atoms with Crippen LogP contribution >= 0.6 is 11.6 Å². The Morgan fingerprint density at radius 1 is 1.33 bits per heavy atom. The number of aromatic nitrogens is 2. The van der Waals surface area contributed by atoms with Crippen LogP contribution in [0, 0.1) is 0 Å². The SMILES string of the molecule is COc1c(NN)ncnc1N(C)C(C)c1ccccc1Cl. The van der Waals surface area contributed by atoms with E-state index in [9.17, 15) is 0 Å². The molecule has 1 unspecified atom stereocenters. The van der Waals surface area contributed by atoms with Gasteiger partial charge in [-0.25, -0.2) is 15.8 Å². The van der Waals surface area contributed by atoms with Crippen molar-refractivity contribution < 1.29 is 4.74 Å². The second-order valence-corrected chi connectivity index (χ2v) is 4.94. The standard InChI is InChI=1S/C14H18ClN5O/c1-9(10-6-4-5-7-11(10)15)20(2)14-12(21-3)13(19-16)17-8-18-14/h4-9H,16H2,1-3H3,(H,17,18,19). The normalized spacial score (nSPS) is 11.9. The lowest BCUT2D eigenvalue weighted by Gasteiger charge is -2.28. The van der Waals surface area contributed by atoms with Crippen LogP contribution < -0.4 is 20.9 Å². The molecule has 21 heavy (non-hydrogen) atoms. The topological polar surface area (TPSA) is 76.3 Å². The number of rotatable bonds is 5. The fourth-order valence-electron chi connectivity index (χ4n) is 2.11. The van der Waals surface area contributed by atoms with Gasteiger partial charge in [0.05, 0.1) is 13.2 Å². The van der Waals surface area contributed by atoms with Crippen molar-refractivity contribution in [2.45, 2.75) is 13.0 Å². The molecule has 1 aromatic heterocycles. The second-order valence-electron chi connectivity index (χ2n) is 4.53. The van der Waals surface area contributed by atoms with Crippen molar-refractivity contribution in [1.82, 2.24) is 9.97 Å². The molecule has 1 aromatic carbocycles. The van der Waals surface area contributed by atoms with Gasteiger partial charge < -0.3 is 15.1 Å². The van der Waals surface area contributed by atoms with Crippen LogP contribution in [0.5, 0.6) is 5.75 Å². The van der Waals surface area contributed by atoms with Crippen molar-refractivity contribution in [2.24, 2.45) is 5.84 Å². The first-order valence-corrected chi connectivity index (χ1v) is 6.80. The van der Waals surface area contributed by atoms with Gasteiger partial charge in [-0.05, 0) is 18.6 Å². The molecule has 0 saturated carbocycles. The summed E-state index contributed by atoms with van der Waals surface area (Å²) in [5.74, 6) is 7.00. The number of hydrogen-bond donors (Lipinski definition) is 2. The summed E-state index contributed by atoms with van der Waals surface area (Å²) in [6.45, 7) is 2.04. The second kappa shape index (κ2) is 6.60.